The first kappa shape index (κ1) is 15.9. The minimum Gasteiger partial charge on any atom is -0.0776 e. The summed E-state index contributed by atoms with van der Waals surface area (Å²) in [6.45, 7) is 6.46. The van der Waals surface area contributed by atoms with Gasteiger partial charge in [0, 0.05) is 0 Å². The molecule has 0 aliphatic heterocycles. The summed E-state index contributed by atoms with van der Waals surface area (Å²) in [5, 5.41) is 0. The molecule has 0 N–H and O–H groups in total. The molecule has 0 saturated carbocycles. The summed E-state index contributed by atoms with van der Waals surface area (Å²) in [5.41, 5.74) is 3.96. The van der Waals surface area contributed by atoms with Crippen LogP contribution >= 0.6 is 0 Å². The van der Waals surface area contributed by atoms with Crippen molar-refractivity contribution in [3.8, 4) is 0 Å². The summed E-state index contributed by atoms with van der Waals surface area (Å²) >= 11 is 0. The predicted octanol–water partition coefficient (Wildman–Crippen LogP) is 6.13. The van der Waals surface area contributed by atoms with Crippen molar-refractivity contribution < 1.29 is 0 Å². The lowest BCUT2D eigenvalue weighted by Gasteiger charge is -2.09. The van der Waals surface area contributed by atoms with Crippen LogP contribution in [0.25, 0.3) is 0 Å². The quantitative estimate of drug-likeness (QED) is 0.597. The number of allylic oxidation sites excluding steroid dienone is 5. The van der Waals surface area contributed by atoms with Crippen molar-refractivity contribution in [2.24, 2.45) is 0 Å². The number of hydrogen-bond acceptors (Lipinski definition) is 0. The van der Waals surface area contributed by atoms with Crippen molar-refractivity contribution >= 4 is 10.9 Å². The van der Waals surface area contributed by atoms with Crippen molar-refractivity contribution in [1.82, 2.24) is 0 Å². The van der Waals surface area contributed by atoms with Crippen LogP contribution in [-0.4, -0.2) is 0 Å². The molecule has 3 rings (SSSR count). The molecule has 2 aromatic carbocycles. The van der Waals surface area contributed by atoms with Gasteiger partial charge in [-0.25, -0.2) is 0 Å². The molecule has 1 heteroatoms. The zero-order valence-electron chi connectivity index (χ0n) is 14.0. The monoisotopic (exact) mass is 319 g/mol. The van der Waals surface area contributed by atoms with Crippen LogP contribution in [0, 0.1) is 13.8 Å². The van der Waals surface area contributed by atoms with E-state index in [1.807, 2.05) is 0 Å². The fraction of sp³-hybridized carbons (Fsp3) is 0.182. The number of hydrogen-bond donors (Lipinski definition) is 0. The molecule has 0 bridgehead atoms. The number of aryl methyl sites for hydroxylation is 2. The van der Waals surface area contributed by atoms with Crippen LogP contribution in [0.3, 0.4) is 0 Å². The van der Waals surface area contributed by atoms with Crippen LogP contribution in [0.4, 0.5) is 0 Å². The molecular weight excluding hydrogens is 296 g/mol. The van der Waals surface area contributed by atoms with Gasteiger partial charge in [-0.15, -0.1) is 0 Å². The van der Waals surface area contributed by atoms with E-state index in [1.54, 1.807) is 0 Å². The molecule has 23 heavy (non-hydrogen) atoms. The van der Waals surface area contributed by atoms with E-state index in [9.17, 15) is 0 Å². The zero-order chi connectivity index (χ0) is 16.2. The molecule has 0 spiro atoms. The Morgan fingerprint density at radius 1 is 0.652 bits per heavy atom. The first-order valence-electron chi connectivity index (χ1n) is 8.06. The van der Waals surface area contributed by atoms with E-state index < -0.39 is 0 Å². The Bertz CT molecular complexity index is 713. The van der Waals surface area contributed by atoms with Crippen LogP contribution in [0.5, 0.6) is 0 Å². The SMILES string of the molecule is CC1=CCC=C([S+](c2ccc(C)cc2)c2ccc(C)cc2)C=C1. The summed E-state index contributed by atoms with van der Waals surface area (Å²) in [6, 6.07) is 18.0. The molecule has 0 heterocycles. The van der Waals surface area contributed by atoms with Gasteiger partial charge in [-0.1, -0.05) is 53.1 Å². The maximum Gasteiger partial charge on any atom is 0.166 e. The molecule has 0 radical (unpaired) electrons. The lowest BCUT2D eigenvalue weighted by atomic mass is 10.2. The van der Waals surface area contributed by atoms with Crippen LogP contribution in [0.1, 0.15) is 24.5 Å². The molecule has 1 aliphatic rings. The van der Waals surface area contributed by atoms with Crippen LogP contribution in [-0.2, 0) is 10.9 Å². The first-order chi connectivity index (χ1) is 11.1. The van der Waals surface area contributed by atoms with Gasteiger partial charge in [0.1, 0.15) is 0 Å². The van der Waals surface area contributed by atoms with Crippen molar-refractivity contribution in [3.63, 3.8) is 0 Å². The van der Waals surface area contributed by atoms with E-state index in [1.165, 1.54) is 31.4 Å². The molecule has 1 aliphatic carbocycles. The maximum absolute atomic E-state index is 2.37. The van der Waals surface area contributed by atoms with Crippen LogP contribution in [0.2, 0.25) is 0 Å². The summed E-state index contributed by atoms with van der Waals surface area (Å²) in [4.78, 5) is 4.18. The van der Waals surface area contributed by atoms with Gasteiger partial charge in [-0.3, -0.25) is 0 Å². The van der Waals surface area contributed by atoms with Crippen molar-refractivity contribution in [3.05, 3.63) is 94.4 Å². The molecule has 0 amide bonds. The predicted molar refractivity (Wildman–Crippen MR) is 102 cm³/mol. The summed E-state index contributed by atoms with van der Waals surface area (Å²) in [6.07, 6.45) is 10.2. The Morgan fingerprint density at radius 3 is 1.70 bits per heavy atom. The third kappa shape index (κ3) is 3.86. The van der Waals surface area contributed by atoms with E-state index in [0.29, 0.717) is 0 Å². The lowest BCUT2D eigenvalue weighted by molar-refractivity contribution is 1.31. The van der Waals surface area contributed by atoms with Gasteiger partial charge < -0.3 is 0 Å². The third-order valence-corrected chi connectivity index (χ3v) is 6.28. The Morgan fingerprint density at radius 2 is 1.17 bits per heavy atom. The molecule has 0 aromatic heterocycles. The van der Waals surface area contributed by atoms with Crippen LogP contribution < -0.4 is 0 Å². The van der Waals surface area contributed by atoms with E-state index in [0.717, 1.165) is 6.42 Å². The van der Waals surface area contributed by atoms with Gasteiger partial charge >= 0.3 is 0 Å². The standard InChI is InChI=1S/C22H23S/c1-17-5-4-6-20(12-7-17)23(21-13-8-18(2)9-14-21)22-15-10-19(3)11-16-22/h5-16H,4H2,1-3H3/q+1. The number of rotatable bonds is 3. The zero-order valence-corrected chi connectivity index (χ0v) is 14.9. The van der Waals surface area contributed by atoms with Gasteiger partial charge in [0.2, 0.25) is 0 Å². The molecule has 0 nitrogen and oxygen atoms in total. The Balaban J connectivity index is 2.06. The highest BCUT2D eigenvalue weighted by Crippen LogP contribution is 2.32. The van der Waals surface area contributed by atoms with Crippen molar-refractivity contribution in [1.29, 1.82) is 0 Å². The average Bonchev–Trinajstić information content (AvgIpc) is 2.76. The normalized spacial score (nSPS) is 14.4. The van der Waals surface area contributed by atoms with Crippen molar-refractivity contribution in [2.75, 3.05) is 0 Å². The van der Waals surface area contributed by atoms with Gasteiger partial charge in [0.25, 0.3) is 0 Å². The van der Waals surface area contributed by atoms with Gasteiger partial charge in [-0.2, -0.15) is 0 Å². The minimum atomic E-state index is -0.0393. The Labute approximate surface area is 142 Å². The highest BCUT2D eigenvalue weighted by atomic mass is 32.2. The Hall–Kier alpha value is -1.99. The third-order valence-electron chi connectivity index (χ3n) is 4.02. The first-order valence-corrected chi connectivity index (χ1v) is 9.28. The molecular formula is C22H23S+. The molecule has 2 aromatic rings. The lowest BCUT2D eigenvalue weighted by Crippen LogP contribution is -2.06. The van der Waals surface area contributed by atoms with Crippen molar-refractivity contribution in [2.45, 2.75) is 37.0 Å². The van der Waals surface area contributed by atoms with E-state index >= 15 is 0 Å². The summed E-state index contributed by atoms with van der Waals surface area (Å²) in [5.74, 6) is 0. The van der Waals surface area contributed by atoms with E-state index in [4.69, 9.17) is 0 Å². The smallest absolute Gasteiger partial charge is 0.0776 e. The molecule has 0 atom stereocenters. The molecule has 0 saturated heterocycles. The minimum absolute atomic E-state index is 0.0393. The molecule has 0 fully saturated rings. The van der Waals surface area contributed by atoms with Gasteiger partial charge in [0.05, 0.1) is 10.9 Å². The summed E-state index contributed by atoms with van der Waals surface area (Å²) < 4.78 is 0. The molecule has 0 unspecified atom stereocenters. The second kappa shape index (κ2) is 7.06. The second-order valence-electron chi connectivity index (χ2n) is 6.06. The fourth-order valence-electron chi connectivity index (χ4n) is 2.62. The second-order valence-corrected chi connectivity index (χ2v) is 8.08. The fourth-order valence-corrected chi connectivity index (χ4v) is 4.72. The van der Waals surface area contributed by atoms with Crippen LogP contribution in [0.15, 0.2) is 93.1 Å². The number of benzene rings is 2. The van der Waals surface area contributed by atoms with E-state index in [2.05, 4.69) is 93.6 Å². The topological polar surface area (TPSA) is 0 Å². The van der Waals surface area contributed by atoms with Gasteiger partial charge in [-0.05, 0) is 63.6 Å². The Kier molecular flexibility index (Phi) is 4.88. The highest BCUT2D eigenvalue weighted by molar-refractivity contribution is 8.00. The van der Waals surface area contributed by atoms with Gasteiger partial charge in [0.15, 0.2) is 14.7 Å². The molecule has 116 valence electrons. The maximum atomic E-state index is 2.37. The van der Waals surface area contributed by atoms with E-state index in [-0.39, 0.29) is 10.9 Å². The summed E-state index contributed by atoms with van der Waals surface area (Å²) in [7, 11) is -0.0393. The highest BCUT2D eigenvalue weighted by Gasteiger charge is 2.29. The average molecular weight is 319 g/mol. The largest absolute Gasteiger partial charge is 0.166 e.